The first-order valence-electron chi connectivity index (χ1n) is 6.25. The van der Waals surface area contributed by atoms with Crippen LogP contribution in [0.15, 0.2) is 12.4 Å². The van der Waals surface area contributed by atoms with Gasteiger partial charge < -0.3 is 16.2 Å². The van der Waals surface area contributed by atoms with E-state index in [0.29, 0.717) is 24.6 Å². The van der Waals surface area contributed by atoms with E-state index in [2.05, 4.69) is 17.3 Å². The average Bonchev–Trinajstić information content (AvgIpc) is 2.73. The Bertz CT molecular complexity index is 430. The molecule has 0 aliphatic rings. The zero-order chi connectivity index (χ0) is 14.3. The summed E-state index contributed by atoms with van der Waals surface area (Å²) in [5, 5.41) is 15.1. The van der Waals surface area contributed by atoms with Crippen LogP contribution in [0, 0.1) is 5.92 Å². The lowest BCUT2D eigenvalue weighted by Crippen LogP contribution is -2.14. The van der Waals surface area contributed by atoms with Crippen molar-refractivity contribution in [1.82, 2.24) is 9.78 Å². The van der Waals surface area contributed by atoms with E-state index >= 15 is 0 Å². The van der Waals surface area contributed by atoms with Gasteiger partial charge in [-0.05, 0) is 25.3 Å². The average molecular weight is 268 g/mol. The molecule has 1 aromatic heterocycles. The summed E-state index contributed by atoms with van der Waals surface area (Å²) in [4.78, 5) is 22.1. The summed E-state index contributed by atoms with van der Waals surface area (Å²) in [5.41, 5.74) is 5.95. The number of hydrogen-bond acceptors (Lipinski definition) is 4. The molecule has 0 aromatic carbocycles. The van der Waals surface area contributed by atoms with Crippen molar-refractivity contribution in [2.75, 3.05) is 11.9 Å². The molecule has 1 heterocycles. The zero-order valence-electron chi connectivity index (χ0n) is 11.0. The Kier molecular flexibility index (Phi) is 6.01. The first kappa shape index (κ1) is 15.2. The highest BCUT2D eigenvalue weighted by molar-refractivity contribution is 5.90. The molecule has 0 aliphatic heterocycles. The van der Waals surface area contributed by atoms with Crippen LogP contribution in [0.3, 0.4) is 0 Å². The number of carbonyl (C=O) groups excluding carboxylic acids is 1. The highest BCUT2D eigenvalue weighted by Crippen LogP contribution is 2.11. The van der Waals surface area contributed by atoms with Crippen molar-refractivity contribution in [3.63, 3.8) is 0 Å². The van der Waals surface area contributed by atoms with E-state index in [9.17, 15) is 9.59 Å². The highest BCUT2D eigenvalue weighted by Gasteiger charge is 2.08. The lowest BCUT2D eigenvalue weighted by Gasteiger charge is -2.08. The number of anilines is 1. The summed E-state index contributed by atoms with van der Waals surface area (Å²) in [6.07, 6.45) is 5.04. The normalized spacial score (nSPS) is 12.1. The molecule has 0 saturated carbocycles. The number of amides is 1. The third-order valence-electron chi connectivity index (χ3n) is 2.74. The van der Waals surface area contributed by atoms with E-state index in [-0.39, 0.29) is 12.5 Å². The minimum Gasteiger partial charge on any atom is -0.480 e. The maximum atomic E-state index is 11.7. The Morgan fingerprint density at radius 2 is 2.26 bits per heavy atom. The van der Waals surface area contributed by atoms with Crippen molar-refractivity contribution < 1.29 is 14.7 Å². The van der Waals surface area contributed by atoms with Gasteiger partial charge in [0.15, 0.2) is 0 Å². The number of carbonyl (C=O) groups is 2. The molecule has 4 N–H and O–H groups in total. The van der Waals surface area contributed by atoms with Gasteiger partial charge in [0.25, 0.3) is 0 Å². The van der Waals surface area contributed by atoms with Gasteiger partial charge in [0.1, 0.15) is 6.54 Å². The van der Waals surface area contributed by atoms with Gasteiger partial charge in [-0.2, -0.15) is 5.10 Å². The Morgan fingerprint density at radius 1 is 1.53 bits per heavy atom. The Morgan fingerprint density at radius 3 is 2.89 bits per heavy atom. The fourth-order valence-corrected chi connectivity index (χ4v) is 1.68. The molecule has 19 heavy (non-hydrogen) atoms. The molecule has 0 aliphatic carbocycles. The maximum Gasteiger partial charge on any atom is 0.325 e. The van der Waals surface area contributed by atoms with E-state index in [1.807, 2.05) is 0 Å². The summed E-state index contributed by atoms with van der Waals surface area (Å²) >= 11 is 0. The largest absolute Gasteiger partial charge is 0.480 e. The SMILES string of the molecule is CC(CCN)CCC(=O)Nc1cnn(CC(=O)O)c1. The molecule has 0 radical (unpaired) electrons. The van der Waals surface area contributed by atoms with Gasteiger partial charge >= 0.3 is 5.97 Å². The number of carboxylic acids is 1. The second kappa shape index (κ2) is 7.52. The molecule has 1 amide bonds. The molecule has 0 fully saturated rings. The van der Waals surface area contributed by atoms with Gasteiger partial charge in [0.05, 0.1) is 11.9 Å². The zero-order valence-corrected chi connectivity index (χ0v) is 11.0. The smallest absolute Gasteiger partial charge is 0.325 e. The second-order valence-corrected chi connectivity index (χ2v) is 4.59. The molecule has 1 atom stereocenters. The van der Waals surface area contributed by atoms with Gasteiger partial charge in [-0.25, -0.2) is 0 Å². The van der Waals surface area contributed by atoms with Crippen LogP contribution in [0.25, 0.3) is 0 Å². The topological polar surface area (TPSA) is 110 Å². The molecule has 7 nitrogen and oxygen atoms in total. The van der Waals surface area contributed by atoms with Gasteiger partial charge in [-0.3, -0.25) is 14.3 Å². The van der Waals surface area contributed by atoms with Crippen LogP contribution < -0.4 is 11.1 Å². The maximum absolute atomic E-state index is 11.7. The Hall–Kier alpha value is -1.89. The second-order valence-electron chi connectivity index (χ2n) is 4.59. The lowest BCUT2D eigenvalue weighted by molar-refractivity contribution is -0.137. The number of nitrogens with two attached hydrogens (primary N) is 1. The first-order chi connectivity index (χ1) is 9.01. The Balaban J connectivity index is 2.35. The third-order valence-corrected chi connectivity index (χ3v) is 2.74. The molecule has 1 unspecified atom stereocenters. The van der Waals surface area contributed by atoms with Crippen LogP contribution in [0.2, 0.25) is 0 Å². The van der Waals surface area contributed by atoms with Gasteiger partial charge in [0.2, 0.25) is 5.91 Å². The summed E-state index contributed by atoms with van der Waals surface area (Å²) in [6, 6.07) is 0. The molecular weight excluding hydrogens is 248 g/mol. The summed E-state index contributed by atoms with van der Waals surface area (Å²) in [7, 11) is 0. The molecule has 0 bridgehead atoms. The summed E-state index contributed by atoms with van der Waals surface area (Å²) < 4.78 is 1.26. The lowest BCUT2D eigenvalue weighted by atomic mass is 10.0. The number of nitrogens with one attached hydrogen (secondary N) is 1. The summed E-state index contributed by atoms with van der Waals surface area (Å²) in [6.45, 7) is 2.47. The van der Waals surface area contributed by atoms with Crippen molar-refractivity contribution in [2.24, 2.45) is 11.7 Å². The van der Waals surface area contributed by atoms with E-state index in [4.69, 9.17) is 10.8 Å². The molecule has 0 spiro atoms. The molecule has 0 saturated heterocycles. The number of hydrogen-bond donors (Lipinski definition) is 3. The number of aromatic nitrogens is 2. The molecule has 106 valence electrons. The Labute approximate surface area is 111 Å². The fraction of sp³-hybridized carbons (Fsp3) is 0.583. The first-order valence-corrected chi connectivity index (χ1v) is 6.25. The standard InChI is InChI=1S/C12H20N4O3/c1-9(4-5-13)2-3-11(17)15-10-6-14-16(7-10)8-12(18)19/h6-7,9H,2-5,8,13H2,1H3,(H,15,17)(H,18,19). The van der Waals surface area contributed by atoms with Crippen molar-refractivity contribution in [3.8, 4) is 0 Å². The van der Waals surface area contributed by atoms with E-state index in [1.54, 1.807) is 0 Å². The van der Waals surface area contributed by atoms with Crippen LogP contribution in [-0.2, 0) is 16.1 Å². The number of nitrogens with zero attached hydrogens (tertiary/aromatic N) is 2. The quantitative estimate of drug-likeness (QED) is 0.642. The van der Waals surface area contributed by atoms with Crippen molar-refractivity contribution in [1.29, 1.82) is 0 Å². The van der Waals surface area contributed by atoms with Gasteiger partial charge in [-0.1, -0.05) is 6.92 Å². The molecule has 7 heteroatoms. The highest BCUT2D eigenvalue weighted by atomic mass is 16.4. The number of rotatable bonds is 8. The number of carboxylic acid groups (broad SMARTS) is 1. The van der Waals surface area contributed by atoms with Crippen molar-refractivity contribution >= 4 is 17.6 Å². The minimum absolute atomic E-state index is 0.0984. The third kappa shape index (κ3) is 6.01. The monoisotopic (exact) mass is 268 g/mol. The summed E-state index contributed by atoms with van der Waals surface area (Å²) in [5.74, 6) is -0.652. The molecule has 1 rings (SSSR count). The van der Waals surface area contributed by atoms with Crippen LogP contribution in [0.5, 0.6) is 0 Å². The predicted octanol–water partition coefficient (Wildman–Crippen LogP) is 0.671. The van der Waals surface area contributed by atoms with Crippen LogP contribution in [0.1, 0.15) is 26.2 Å². The molecule has 1 aromatic rings. The van der Waals surface area contributed by atoms with E-state index in [1.165, 1.54) is 17.1 Å². The number of aliphatic carboxylic acids is 1. The van der Waals surface area contributed by atoms with E-state index in [0.717, 1.165) is 12.8 Å². The van der Waals surface area contributed by atoms with E-state index < -0.39 is 5.97 Å². The van der Waals surface area contributed by atoms with Crippen molar-refractivity contribution in [2.45, 2.75) is 32.7 Å². The van der Waals surface area contributed by atoms with Gasteiger partial charge in [0, 0.05) is 12.6 Å². The van der Waals surface area contributed by atoms with Crippen LogP contribution in [-0.4, -0.2) is 33.3 Å². The van der Waals surface area contributed by atoms with Crippen LogP contribution in [0.4, 0.5) is 5.69 Å². The van der Waals surface area contributed by atoms with Gasteiger partial charge in [-0.15, -0.1) is 0 Å². The van der Waals surface area contributed by atoms with Crippen LogP contribution >= 0.6 is 0 Å². The molecular formula is C12H20N4O3. The van der Waals surface area contributed by atoms with Crippen molar-refractivity contribution in [3.05, 3.63) is 12.4 Å². The minimum atomic E-state index is -0.975. The predicted molar refractivity (Wildman–Crippen MR) is 70.6 cm³/mol. The fourth-order valence-electron chi connectivity index (χ4n) is 1.68.